The number of benzene rings is 2. The Bertz CT molecular complexity index is 1020. The summed E-state index contributed by atoms with van der Waals surface area (Å²) in [5.41, 5.74) is 2.70. The lowest BCUT2D eigenvalue weighted by Crippen LogP contribution is -2.37. The number of fused-ring (bicyclic) bond motifs is 1. The summed E-state index contributed by atoms with van der Waals surface area (Å²) < 4.78 is 17.0. The van der Waals surface area contributed by atoms with Gasteiger partial charge in [-0.15, -0.1) is 0 Å². The molecule has 2 aromatic rings. The van der Waals surface area contributed by atoms with E-state index in [0.29, 0.717) is 28.5 Å². The van der Waals surface area contributed by atoms with Gasteiger partial charge >= 0.3 is 5.97 Å². The zero-order valence-electron chi connectivity index (χ0n) is 14.1. The molecule has 0 saturated heterocycles. The molecule has 0 bridgehead atoms. The number of cyclic esters (lactones) is 1. The molecule has 5 rings (SSSR count). The molecule has 1 amide bonds. The maximum absolute atomic E-state index is 13.0. The Morgan fingerprint density at radius 3 is 2.70 bits per heavy atom. The fourth-order valence-electron chi connectivity index (χ4n) is 3.78. The highest BCUT2D eigenvalue weighted by molar-refractivity contribution is 9.10. The topological polar surface area (TPSA) is 65.1 Å². The monoisotopic (exact) mass is 427 g/mol. The van der Waals surface area contributed by atoms with Crippen molar-refractivity contribution in [2.75, 3.05) is 18.3 Å². The van der Waals surface area contributed by atoms with Crippen molar-refractivity contribution in [1.82, 2.24) is 0 Å². The quantitative estimate of drug-likeness (QED) is 0.686. The minimum atomic E-state index is -0.375. The van der Waals surface area contributed by atoms with Crippen LogP contribution in [0, 0.1) is 0 Å². The van der Waals surface area contributed by atoms with E-state index in [4.69, 9.17) is 14.2 Å². The Kier molecular flexibility index (Phi) is 3.72. The second kappa shape index (κ2) is 6.13. The number of halogens is 1. The van der Waals surface area contributed by atoms with Crippen LogP contribution in [0.3, 0.4) is 0 Å². The standard InChI is InChI=1S/C20H14BrNO5/c21-12-2-1-3-13(7-12)22-15-9-25-20(24)19(15)14(8-18(22)23)11-4-5-16-17(6-11)27-10-26-16/h1-7,14H,8-10H2. The van der Waals surface area contributed by atoms with Crippen molar-refractivity contribution in [3.63, 3.8) is 0 Å². The molecule has 0 aliphatic carbocycles. The lowest BCUT2D eigenvalue weighted by Gasteiger charge is -2.32. The van der Waals surface area contributed by atoms with Gasteiger partial charge in [-0.25, -0.2) is 4.79 Å². The molecule has 3 heterocycles. The van der Waals surface area contributed by atoms with Gasteiger partial charge in [0.05, 0.1) is 11.3 Å². The second-order valence-corrected chi connectivity index (χ2v) is 7.43. The first kappa shape index (κ1) is 16.4. The van der Waals surface area contributed by atoms with Crippen molar-refractivity contribution in [2.24, 2.45) is 0 Å². The molecule has 0 N–H and O–H groups in total. The highest BCUT2D eigenvalue weighted by atomic mass is 79.9. The Hall–Kier alpha value is -2.80. The number of amides is 1. The normalized spacial score (nSPS) is 20.8. The average Bonchev–Trinajstić information content (AvgIpc) is 3.27. The molecule has 1 atom stereocenters. The third-order valence-electron chi connectivity index (χ3n) is 4.98. The van der Waals surface area contributed by atoms with E-state index in [0.717, 1.165) is 10.0 Å². The van der Waals surface area contributed by atoms with Crippen LogP contribution in [0.1, 0.15) is 17.9 Å². The second-order valence-electron chi connectivity index (χ2n) is 6.51. The molecule has 0 spiro atoms. The molecule has 6 nitrogen and oxygen atoms in total. The minimum Gasteiger partial charge on any atom is -0.456 e. The van der Waals surface area contributed by atoms with E-state index in [1.54, 1.807) is 4.90 Å². The summed E-state index contributed by atoms with van der Waals surface area (Å²) in [7, 11) is 0. The molecule has 136 valence electrons. The number of esters is 1. The molecule has 0 fully saturated rings. The van der Waals surface area contributed by atoms with E-state index < -0.39 is 0 Å². The van der Waals surface area contributed by atoms with Crippen LogP contribution in [-0.4, -0.2) is 25.3 Å². The maximum Gasteiger partial charge on any atom is 0.336 e. The highest BCUT2D eigenvalue weighted by Gasteiger charge is 2.43. The SMILES string of the molecule is O=C1OCC2=C1C(c1ccc3c(c1)OCO3)CC(=O)N2c1cccc(Br)c1. The first-order valence-electron chi connectivity index (χ1n) is 8.50. The molecule has 2 aromatic carbocycles. The lowest BCUT2D eigenvalue weighted by molar-refractivity contribution is -0.136. The molecule has 7 heteroatoms. The summed E-state index contributed by atoms with van der Waals surface area (Å²) in [5.74, 6) is 0.483. The Morgan fingerprint density at radius 1 is 1.00 bits per heavy atom. The lowest BCUT2D eigenvalue weighted by atomic mass is 9.84. The number of carbonyl (C=O) groups is 2. The van der Waals surface area contributed by atoms with Gasteiger partial charge in [-0.1, -0.05) is 28.1 Å². The highest BCUT2D eigenvalue weighted by Crippen LogP contribution is 2.44. The van der Waals surface area contributed by atoms with Crippen molar-refractivity contribution in [3.05, 3.63) is 63.8 Å². The third kappa shape index (κ3) is 2.61. The Balaban J connectivity index is 1.61. The van der Waals surface area contributed by atoms with Crippen LogP contribution in [0.4, 0.5) is 5.69 Å². The van der Waals surface area contributed by atoms with Gasteiger partial charge in [0.2, 0.25) is 12.7 Å². The first-order valence-corrected chi connectivity index (χ1v) is 9.29. The maximum atomic E-state index is 13.0. The van der Waals surface area contributed by atoms with Gasteiger partial charge in [-0.2, -0.15) is 0 Å². The fraction of sp³-hybridized carbons (Fsp3) is 0.200. The summed E-state index contributed by atoms with van der Waals surface area (Å²) in [6.45, 7) is 0.266. The number of rotatable bonds is 2. The predicted molar refractivity (Wildman–Crippen MR) is 99.5 cm³/mol. The van der Waals surface area contributed by atoms with Crippen LogP contribution in [0.2, 0.25) is 0 Å². The van der Waals surface area contributed by atoms with E-state index in [-0.39, 0.29) is 37.6 Å². The molecule has 3 aliphatic heterocycles. The number of hydrogen-bond acceptors (Lipinski definition) is 5. The number of nitrogens with zero attached hydrogens (tertiary/aromatic N) is 1. The molecule has 3 aliphatic rings. The van der Waals surface area contributed by atoms with Gasteiger partial charge < -0.3 is 14.2 Å². The Morgan fingerprint density at radius 2 is 1.85 bits per heavy atom. The Labute approximate surface area is 163 Å². The van der Waals surface area contributed by atoms with Crippen molar-refractivity contribution in [3.8, 4) is 11.5 Å². The minimum absolute atomic E-state index is 0.0761. The zero-order valence-corrected chi connectivity index (χ0v) is 15.7. The molecule has 0 aromatic heterocycles. The molecule has 0 saturated carbocycles. The molecular formula is C20H14BrNO5. The van der Waals surface area contributed by atoms with Crippen LogP contribution >= 0.6 is 15.9 Å². The fourth-order valence-corrected chi connectivity index (χ4v) is 4.17. The number of hydrogen-bond donors (Lipinski definition) is 0. The third-order valence-corrected chi connectivity index (χ3v) is 5.48. The smallest absolute Gasteiger partial charge is 0.336 e. The molecule has 0 radical (unpaired) electrons. The summed E-state index contributed by atoms with van der Waals surface area (Å²) in [5, 5.41) is 0. The van der Waals surface area contributed by atoms with Gasteiger partial charge in [-0.3, -0.25) is 9.69 Å². The van der Waals surface area contributed by atoms with Crippen LogP contribution in [0.15, 0.2) is 58.2 Å². The molecular weight excluding hydrogens is 414 g/mol. The average molecular weight is 428 g/mol. The van der Waals surface area contributed by atoms with Crippen molar-refractivity contribution in [2.45, 2.75) is 12.3 Å². The van der Waals surface area contributed by atoms with Gasteiger partial charge in [-0.05, 0) is 35.9 Å². The largest absolute Gasteiger partial charge is 0.456 e. The van der Waals surface area contributed by atoms with Crippen LogP contribution in [0.5, 0.6) is 11.5 Å². The van der Waals surface area contributed by atoms with Crippen molar-refractivity contribution < 1.29 is 23.8 Å². The van der Waals surface area contributed by atoms with Crippen molar-refractivity contribution >= 4 is 33.5 Å². The van der Waals surface area contributed by atoms with Crippen molar-refractivity contribution in [1.29, 1.82) is 0 Å². The summed E-state index contributed by atoms with van der Waals surface area (Å²) in [6, 6.07) is 13.0. The van der Waals surface area contributed by atoms with Gasteiger partial charge in [0.1, 0.15) is 6.61 Å². The van der Waals surface area contributed by atoms with Gasteiger partial charge in [0.15, 0.2) is 11.5 Å². The van der Waals surface area contributed by atoms with E-state index in [2.05, 4.69) is 15.9 Å². The van der Waals surface area contributed by atoms with Gasteiger partial charge in [0, 0.05) is 22.5 Å². The van der Waals surface area contributed by atoms with Gasteiger partial charge in [0.25, 0.3) is 0 Å². The van der Waals surface area contributed by atoms with E-state index in [1.165, 1.54) is 0 Å². The van der Waals surface area contributed by atoms with E-state index in [9.17, 15) is 9.59 Å². The molecule has 27 heavy (non-hydrogen) atoms. The van der Waals surface area contributed by atoms with Crippen LogP contribution < -0.4 is 14.4 Å². The molecule has 1 unspecified atom stereocenters. The summed E-state index contributed by atoms with van der Waals surface area (Å²) >= 11 is 3.43. The summed E-state index contributed by atoms with van der Waals surface area (Å²) in [6.07, 6.45) is 0.181. The summed E-state index contributed by atoms with van der Waals surface area (Å²) in [4.78, 5) is 27.1. The van der Waals surface area contributed by atoms with Crippen LogP contribution in [-0.2, 0) is 14.3 Å². The number of ether oxygens (including phenoxy) is 3. The predicted octanol–water partition coefficient (Wildman–Crippen LogP) is 3.51. The number of anilines is 1. The zero-order chi connectivity index (χ0) is 18.5. The van der Waals surface area contributed by atoms with E-state index >= 15 is 0 Å². The van der Waals surface area contributed by atoms with Crippen LogP contribution in [0.25, 0.3) is 0 Å². The first-order chi connectivity index (χ1) is 13.1. The van der Waals surface area contributed by atoms with E-state index in [1.807, 2.05) is 42.5 Å². The number of carbonyl (C=O) groups excluding carboxylic acids is 2.